The number of hydrogen-bond donors (Lipinski definition) is 2. The minimum atomic E-state index is -0.655. The summed E-state index contributed by atoms with van der Waals surface area (Å²) >= 11 is 1.75. The zero-order chi connectivity index (χ0) is 23.0. The summed E-state index contributed by atoms with van der Waals surface area (Å²) in [5.74, 6) is -0.540. The van der Waals surface area contributed by atoms with Gasteiger partial charge in [-0.25, -0.2) is 0 Å². The molecule has 6 heteroatoms. The molecule has 2 saturated carbocycles. The molecule has 0 bridgehead atoms. The number of hydrogen-bond acceptors (Lipinski definition) is 6. The molecular formula is C26H36O5S. The van der Waals surface area contributed by atoms with Crippen LogP contribution >= 0.6 is 11.3 Å². The molecule has 1 aromatic heterocycles. The molecule has 2 N–H and O–H groups in total. The topological polar surface area (TPSA) is 83.8 Å². The highest BCUT2D eigenvalue weighted by molar-refractivity contribution is 7.09. The summed E-state index contributed by atoms with van der Waals surface area (Å²) in [4.78, 5) is 24.9. The van der Waals surface area contributed by atoms with Crippen molar-refractivity contribution in [3.8, 4) is 0 Å². The second-order valence-corrected chi connectivity index (χ2v) is 10.3. The summed E-state index contributed by atoms with van der Waals surface area (Å²) < 4.78 is 4.63. The quantitative estimate of drug-likeness (QED) is 0.270. The maximum absolute atomic E-state index is 12.4. The second-order valence-electron chi connectivity index (χ2n) is 9.25. The Hall–Kier alpha value is -1.76. The molecule has 0 radical (unpaired) electrons. The van der Waals surface area contributed by atoms with Crippen LogP contribution < -0.4 is 0 Å². The fraction of sp³-hybridized carbons (Fsp3) is 0.615. The van der Waals surface area contributed by atoms with Gasteiger partial charge in [0.25, 0.3) is 0 Å². The standard InChI is InChI=1S/C26H36O5S/c1-31-25(30)13-5-3-2-4-10-20-21(23(28)17-22(20)27)11-6-12-24(29)26(14-8-15-26)18-19-9-7-16-32-19/h2,4,6-7,9,11,16,20-21,23-24,28-29H,3,5,8,10,12-15,17-18H2,1H3/t20-,21-,23-,24?/m1/s1. The molecule has 0 aromatic carbocycles. The summed E-state index contributed by atoms with van der Waals surface area (Å²) in [6.45, 7) is 0. The third kappa shape index (κ3) is 6.40. The number of methoxy groups -OCH3 is 1. The van der Waals surface area contributed by atoms with Crippen molar-refractivity contribution in [2.24, 2.45) is 17.3 Å². The van der Waals surface area contributed by atoms with E-state index in [-0.39, 0.29) is 35.4 Å². The molecule has 1 aromatic rings. The second kappa shape index (κ2) is 11.9. The van der Waals surface area contributed by atoms with E-state index in [1.165, 1.54) is 12.0 Å². The SMILES string of the molecule is COC(=O)CCCC=CC[C@H]1C(=O)C[C@@H](O)[C@@H]1C=CCC(O)C1(Cc2cccs2)CCC1. The summed E-state index contributed by atoms with van der Waals surface area (Å²) in [6.07, 6.45) is 14.2. The first kappa shape index (κ1) is 24.9. The minimum Gasteiger partial charge on any atom is -0.469 e. The monoisotopic (exact) mass is 460 g/mol. The number of ketones is 1. The summed E-state index contributed by atoms with van der Waals surface area (Å²) in [5, 5.41) is 23.4. The number of rotatable bonds is 12. The van der Waals surface area contributed by atoms with Crippen molar-refractivity contribution < 1.29 is 24.5 Å². The van der Waals surface area contributed by atoms with Crippen LogP contribution in [-0.4, -0.2) is 41.3 Å². The van der Waals surface area contributed by atoms with E-state index in [4.69, 9.17) is 0 Å². The molecule has 4 atom stereocenters. The number of carbonyl (C=O) groups excluding carboxylic acids is 2. The number of Topliss-reactive ketones (excluding diaryl/α,β-unsaturated/α-hetero) is 1. The predicted octanol–water partition coefficient (Wildman–Crippen LogP) is 4.62. The van der Waals surface area contributed by atoms with Crippen LogP contribution in [0.4, 0.5) is 0 Å². The number of carbonyl (C=O) groups is 2. The number of aliphatic hydroxyl groups is 2. The Morgan fingerprint density at radius 2 is 2.16 bits per heavy atom. The molecule has 3 rings (SSSR count). The number of allylic oxidation sites excluding steroid dienone is 2. The van der Waals surface area contributed by atoms with E-state index in [1.807, 2.05) is 24.3 Å². The van der Waals surface area contributed by atoms with Gasteiger partial charge in [-0.05, 0) is 56.4 Å². The van der Waals surface area contributed by atoms with Gasteiger partial charge in [-0.3, -0.25) is 9.59 Å². The van der Waals surface area contributed by atoms with Gasteiger partial charge in [0.05, 0.1) is 19.3 Å². The van der Waals surface area contributed by atoms with Crippen LogP contribution in [0.5, 0.6) is 0 Å². The summed E-state index contributed by atoms with van der Waals surface area (Å²) in [7, 11) is 1.39. The van der Waals surface area contributed by atoms with E-state index in [2.05, 4.69) is 22.2 Å². The molecule has 0 amide bonds. The van der Waals surface area contributed by atoms with E-state index in [9.17, 15) is 19.8 Å². The van der Waals surface area contributed by atoms with Crippen LogP contribution in [0, 0.1) is 17.3 Å². The Bertz CT molecular complexity index is 793. The van der Waals surface area contributed by atoms with Crippen molar-refractivity contribution in [2.45, 2.75) is 76.4 Å². The fourth-order valence-corrected chi connectivity index (χ4v) is 5.85. The molecule has 2 fully saturated rings. The van der Waals surface area contributed by atoms with E-state index in [0.29, 0.717) is 19.3 Å². The molecular weight excluding hydrogens is 424 g/mol. The Balaban J connectivity index is 1.50. The predicted molar refractivity (Wildman–Crippen MR) is 126 cm³/mol. The lowest BCUT2D eigenvalue weighted by Crippen LogP contribution is -2.42. The largest absolute Gasteiger partial charge is 0.469 e. The van der Waals surface area contributed by atoms with E-state index in [1.54, 1.807) is 11.3 Å². The average molecular weight is 461 g/mol. The van der Waals surface area contributed by atoms with Gasteiger partial charge >= 0.3 is 5.97 Å². The number of ether oxygens (including phenoxy) is 1. The third-order valence-electron chi connectivity index (χ3n) is 7.15. The highest BCUT2D eigenvalue weighted by atomic mass is 32.1. The summed E-state index contributed by atoms with van der Waals surface area (Å²) in [6, 6.07) is 4.20. The lowest BCUT2D eigenvalue weighted by Gasteiger charge is -2.45. The molecule has 176 valence electrons. The van der Waals surface area contributed by atoms with Gasteiger partial charge in [-0.15, -0.1) is 11.3 Å². The van der Waals surface area contributed by atoms with Crippen molar-refractivity contribution in [1.82, 2.24) is 0 Å². The first-order chi connectivity index (χ1) is 15.4. The number of aliphatic hydroxyl groups excluding tert-OH is 2. The maximum Gasteiger partial charge on any atom is 0.305 e. The number of esters is 1. The molecule has 2 aliphatic rings. The van der Waals surface area contributed by atoms with Gasteiger partial charge in [0, 0.05) is 35.0 Å². The molecule has 1 heterocycles. The first-order valence-corrected chi connectivity index (χ1v) is 12.6. The minimum absolute atomic E-state index is 0.0361. The van der Waals surface area contributed by atoms with Crippen molar-refractivity contribution in [3.63, 3.8) is 0 Å². The lowest BCUT2D eigenvalue weighted by molar-refractivity contribution is -0.140. The van der Waals surface area contributed by atoms with Crippen LogP contribution in [0.25, 0.3) is 0 Å². The highest BCUT2D eigenvalue weighted by Crippen LogP contribution is 2.48. The van der Waals surface area contributed by atoms with Gasteiger partial charge in [-0.1, -0.05) is 36.8 Å². The zero-order valence-corrected chi connectivity index (χ0v) is 19.8. The zero-order valence-electron chi connectivity index (χ0n) is 18.9. The van der Waals surface area contributed by atoms with Gasteiger partial charge in [-0.2, -0.15) is 0 Å². The smallest absolute Gasteiger partial charge is 0.305 e. The van der Waals surface area contributed by atoms with Crippen molar-refractivity contribution in [1.29, 1.82) is 0 Å². The maximum atomic E-state index is 12.4. The summed E-state index contributed by atoms with van der Waals surface area (Å²) in [5.41, 5.74) is -0.0361. The number of unbranched alkanes of at least 4 members (excludes halogenated alkanes) is 1. The van der Waals surface area contributed by atoms with Crippen LogP contribution in [0.2, 0.25) is 0 Å². The van der Waals surface area contributed by atoms with Crippen LogP contribution in [-0.2, 0) is 20.7 Å². The van der Waals surface area contributed by atoms with E-state index < -0.39 is 12.2 Å². The Morgan fingerprint density at radius 3 is 2.81 bits per heavy atom. The Morgan fingerprint density at radius 1 is 1.34 bits per heavy atom. The molecule has 2 aliphatic carbocycles. The normalized spacial score (nSPS) is 26.0. The molecule has 1 unspecified atom stereocenters. The van der Waals surface area contributed by atoms with Crippen molar-refractivity contribution in [3.05, 3.63) is 46.7 Å². The van der Waals surface area contributed by atoms with E-state index >= 15 is 0 Å². The van der Waals surface area contributed by atoms with Gasteiger partial charge in [0.1, 0.15) is 5.78 Å². The van der Waals surface area contributed by atoms with Crippen LogP contribution in [0.1, 0.15) is 62.7 Å². The fourth-order valence-electron chi connectivity index (χ4n) is 4.99. The first-order valence-electron chi connectivity index (χ1n) is 11.7. The molecule has 0 saturated heterocycles. The average Bonchev–Trinajstić information content (AvgIpc) is 3.35. The molecule has 32 heavy (non-hydrogen) atoms. The highest BCUT2D eigenvalue weighted by Gasteiger charge is 2.43. The van der Waals surface area contributed by atoms with Crippen molar-refractivity contribution >= 4 is 23.1 Å². The molecule has 0 spiro atoms. The lowest BCUT2D eigenvalue weighted by atomic mass is 9.62. The van der Waals surface area contributed by atoms with Gasteiger partial charge in [0.2, 0.25) is 0 Å². The van der Waals surface area contributed by atoms with Crippen LogP contribution in [0.3, 0.4) is 0 Å². The van der Waals surface area contributed by atoms with Gasteiger partial charge in [0.15, 0.2) is 0 Å². The molecule has 0 aliphatic heterocycles. The van der Waals surface area contributed by atoms with E-state index in [0.717, 1.165) is 38.5 Å². The number of thiophene rings is 1. The Kier molecular flexibility index (Phi) is 9.26. The molecule has 5 nitrogen and oxygen atoms in total. The van der Waals surface area contributed by atoms with Crippen LogP contribution in [0.15, 0.2) is 41.8 Å². The van der Waals surface area contributed by atoms with Crippen molar-refractivity contribution in [2.75, 3.05) is 7.11 Å². The Labute approximate surface area is 195 Å². The van der Waals surface area contributed by atoms with Gasteiger partial charge < -0.3 is 14.9 Å². The third-order valence-corrected chi connectivity index (χ3v) is 8.03.